The summed E-state index contributed by atoms with van der Waals surface area (Å²) in [6.07, 6.45) is 8.30. The number of carbonyl (C=O) groups is 1. The van der Waals surface area contributed by atoms with Gasteiger partial charge in [-0.3, -0.25) is 0 Å². The zero-order chi connectivity index (χ0) is 9.23. The molecule has 1 unspecified atom stereocenters. The fourth-order valence-electron chi connectivity index (χ4n) is 1.54. The molecule has 0 bridgehead atoms. The van der Waals surface area contributed by atoms with Crippen molar-refractivity contribution in [2.45, 2.75) is 52.2 Å². The summed E-state index contributed by atoms with van der Waals surface area (Å²) in [7, 11) is 1.09. The van der Waals surface area contributed by atoms with Gasteiger partial charge in [-0.05, 0) is 12.2 Å². The average molecular weight is 168 g/mol. The highest BCUT2D eigenvalue weighted by Gasteiger charge is 2.05. The fourth-order valence-corrected chi connectivity index (χ4v) is 1.54. The van der Waals surface area contributed by atoms with E-state index in [1.807, 2.05) is 0 Å². The SMILES string of the molecule is CCCCC(CC)CBCC=O. The second kappa shape index (κ2) is 8.83. The quantitative estimate of drug-likeness (QED) is 0.309. The van der Waals surface area contributed by atoms with Gasteiger partial charge in [-0.25, -0.2) is 0 Å². The smallest absolute Gasteiger partial charge is 0.129 e. The third kappa shape index (κ3) is 6.45. The summed E-state index contributed by atoms with van der Waals surface area (Å²) in [6.45, 7) is 4.49. The lowest BCUT2D eigenvalue weighted by atomic mass is 9.66. The molecule has 1 atom stereocenters. The van der Waals surface area contributed by atoms with Crippen LogP contribution in [0, 0.1) is 5.92 Å². The van der Waals surface area contributed by atoms with Crippen molar-refractivity contribution in [2.24, 2.45) is 5.92 Å². The van der Waals surface area contributed by atoms with Crippen LogP contribution in [0.25, 0.3) is 0 Å². The molecule has 0 aliphatic heterocycles. The Morgan fingerprint density at radius 1 is 1.42 bits per heavy atom. The maximum absolute atomic E-state index is 10.1. The van der Waals surface area contributed by atoms with Gasteiger partial charge in [-0.2, -0.15) is 0 Å². The Hall–Kier alpha value is -0.265. The van der Waals surface area contributed by atoms with Crippen molar-refractivity contribution in [1.29, 1.82) is 0 Å². The minimum Gasteiger partial charge on any atom is -0.304 e. The summed E-state index contributed by atoms with van der Waals surface area (Å²) in [6, 6.07) is 0. The first-order valence-corrected chi connectivity index (χ1v) is 5.28. The summed E-state index contributed by atoms with van der Waals surface area (Å²) in [5.41, 5.74) is 0. The summed E-state index contributed by atoms with van der Waals surface area (Å²) in [5, 5.41) is 0. The maximum atomic E-state index is 10.1. The molecule has 70 valence electrons. The van der Waals surface area contributed by atoms with Gasteiger partial charge in [0.05, 0.1) is 0 Å². The zero-order valence-corrected chi connectivity index (χ0v) is 8.51. The van der Waals surface area contributed by atoms with Crippen LogP contribution < -0.4 is 0 Å². The Balaban J connectivity index is 3.32. The highest BCUT2D eigenvalue weighted by atomic mass is 16.1. The number of aldehydes is 1. The molecule has 0 rings (SSSR count). The Kier molecular flexibility index (Phi) is 8.63. The van der Waals surface area contributed by atoms with Crippen molar-refractivity contribution in [2.75, 3.05) is 0 Å². The first-order valence-electron chi connectivity index (χ1n) is 5.28. The van der Waals surface area contributed by atoms with E-state index in [0.717, 1.165) is 25.8 Å². The van der Waals surface area contributed by atoms with Crippen LogP contribution in [0.5, 0.6) is 0 Å². The molecule has 0 saturated heterocycles. The molecule has 0 aromatic carbocycles. The molecule has 0 aliphatic carbocycles. The number of hydrogen-bond acceptors (Lipinski definition) is 1. The maximum Gasteiger partial charge on any atom is 0.129 e. The zero-order valence-electron chi connectivity index (χ0n) is 8.51. The normalized spacial score (nSPS) is 12.5. The Morgan fingerprint density at radius 2 is 2.17 bits per heavy atom. The van der Waals surface area contributed by atoms with Gasteiger partial charge < -0.3 is 4.79 Å². The van der Waals surface area contributed by atoms with E-state index in [4.69, 9.17) is 0 Å². The van der Waals surface area contributed by atoms with Crippen molar-refractivity contribution in [1.82, 2.24) is 0 Å². The van der Waals surface area contributed by atoms with Crippen molar-refractivity contribution in [3.63, 3.8) is 0 Å². The molecular formula is C10H21BO. The Labute approximate surface area is 77.2 Å². The van der Waals surface area contributed by atoms with E-state index in [2.05, 4.69) is 13.8 Å². The van der Waals surface area contributed by atoms with Crippen LogP contribution in [-0.2, 0) is 4.79 Å². The minimum absolute atomic E-state index is 0.753. The standard InChI is InChI=1S/C10H21BO/c1-3-5-6-10(4-2)9-11-7-8-12/h8,10-11H,3-7,9H2,1-2H3. The molecule has 1 nitrogen and oxygen atoms in total. The first kappa shape index (κ1) is 11.7. The largest absolute Gasteiger partial charge is 0.304 e. The van der Waals surface area contributed by atoms with Crippen LogP contribution in [0.4, 0.5) is 0 Å². The van der Waals surface area contributed by atoms with E-state index < -0.39 is 0 Å². The Bertz CT molecular complexity index is 104. The van der Waals surface area contributed by atoms with Crippen molar-refractivity contribution in [3.8, 4) is 0 Å². The van der Waals surface area contributed by atoms with Crippen LogP contribution in [0.1, 0.15) is 39.5 Å². The molecule has 0 spiro atoms. The highest BCUT2D eigenvalue weighted by molar-refractivity contribution is 6.39. The monoisotopic (exact) mass is 168 g/mol. The van der Waals surface area contributed by atoms with Crippen LogP contribution in [-0.4, -0.2) is 13.6 Å². The van der Waals surface area contributed by atoms with Gasteiger partial charge in [0.2, 0.25) is 0 Å². The second-order valence-electron chi connectivity index (χ2n) is 3.51. The second-order valence-corrected chi connectivity index (χ2v) is 3.51. The molecule has 0 saturated carbocycles. The van der Waals surface area contributed by atoms with E-state index >= 15 is 0 Å². The molecule has 12 heavy (non-hydrogen) atoms. The van der Waals surface area contributed by atoms with Gasteiger partial charge in [0.1, 0.15) is 13.6 Å². The summed E-state index contributed by atoms with van der Waals surface area (Å²) >= 11 is 0. The number of carbonyl (C=O) groups excluding carboxylic acids is 1. The molecule has 2 heteroatoms. The van der Waals surface area contributed by atoms with E-state index in [0.29, 0.717) is 0 Å². The fraction of sp³-hybridized carbons (Fsp3) is 0.900. The topological polar surface area (TPSA) is 17.1 Å². The molecule has 0 heterocycles. The molecule has 0 N–H and O–H groups in total. The molecule has 0 fully saturated rings. The molecular weight excluding hydrogens is 147 g/mol. The van der Waals surface area contributed by atoms with Crippen LogP contribution >= 0.6 is 0 Å². The number of hydrogen-bond donors (Lipinski definition) is 0. The van der Waals surface area contributed by atoms with Crippen molar-refractivity contribution >= 4 is 13.6 Å². The van der Waals surface area contributed by atoms with Gasteiger partial charge in [-0.1, -0.05) is 45.9 Å². The molecule has 0 aromatic rings. The van der Waals surface area contributed by atoms with Crippen molar-refractivity contribution < 1.29 is 4.79 Å². The van der Waals surface area contributed by atoms with Crippen LogP contribution in [0.3, 0.4) is 0 Å². The van der Waals surface area contributed by atoms with Gasteiger partial charge in [0.25, 0.3) is 0 Å². The summed E-state index contributed by atoms with van der Waals surface area (Å²) < 4.78 is 0. The average Bonchev–Trinajstić information content (AvgIpc) is 2.11. The summed E-state index contributed by atoms with van der Waals surface area (Å²) in [4.78, 5) is 10.1. The lowest BCUT2D eigenvalue weighted by molar-refractivity contribution is -0.106. The lowest BCUT2D eigenvalue weighted by Crippen LogP contribution is -2.03. The molecule has 0 aliphatic rings. The van der Waals surface area contributed by atoms with E-state index in [-0.39, 0.29) is 0 Å². The van der Waals surface area contributed by atoms with Gasteiger partial charge in [0.15, 0.2) is 0 Å². The Morgan fingerprint density at radius 3 is 2.67 bits per heavy atom. The number of rotatable bonds is 8. The third-order valence-corrected chi connectivity index (χ3v) is 2.48. The van der Waals surface area contributed by atoms with Gasteiger partial charge >= 0.3 is 0 Å². The molecule has 0 radical (unpaired) electrons. The number of unbranched alkanes of at least 4 members (excludes halogenated alkanes) is 1. The van der Waals surface area contributed by atoms with E-state index in [9.17, 15) is 4.79 Å². The molecule has 0 amide bonds. The first-order chi connectivity index (χ1) is 5.85. The van der Waals surface area contributed by atoms with Crippen LogP contribution in [0.2, 0.25) is 12.6 Å². The van der Waals surface area contributed by atoms with Gasteiger partial charge in [0, 0.05) is 0 Å². The van der Waals surface area contributed by atoms with Crippen molar-refractivity contribution in [3.05, 3.63) is 0 Å². The highest BCUT2D eigenvalue weighted by Crippen LogP contribution is 2.16. The van der Waals surface area contributed by atoms with Gasteiger partial charge in [-0.15, -0.1) is 0 Å². The van der Waals surface area contributed by atoms with E-state index in [1.165, 1.54) is 32.0 Å². The predicted octanol–water partition coefficient (Wildman–Crippen LogP) is 2.67. The van der Waals surface area contributed by atoms with Crippen LogP contribution in [0.15, 0.2) is 0 Å². The minimum atomic E-state index is 0.753. The lowest BCUT2D eigenvalue weighted by Gasteiger charge is -2.12. The van der Waals surface area contributed by atoms with E-state index in [1.54, 1.807) is 0 Å². The third-order valence-electron chi connectivity index (χ3n) is 2.48. The summed E-state index contributed by atoms with van der Waals surface area (Å²) in [5.74, 6) is 0.866. The predicted molar refractivity (Wildman–Crippen MR) is 56.1 cm³/mol. The molecule has 0 aromatic heterocycles.